The van der Waals surface area contributed by atoms with E-state index in [1.165, 1.54) is 7.11 Å². The fourth-order valence-electron chi connectivity index (χ4n) is 3.49. The number of rotatable bonds is 4. The Hall–Kier alpha value is -1.61. The lowest BCUT2D eigenvalue weighted by Gasteiger charge is -2.47. The maximum atomic E-state index is 13.3. The summed E-state index contributed by atoms with van der Waals surface area (Å²) in [6.07, 6.45) is -3.64. The number of aliphatic hydroxyl groups excluding tert-OH is 1. The van der Waals surface area contributed by atoms with Crippen LogP contribution in [-0.4, -0.2) is 52.9 Å². The van der Waals surface area contributed by atoms with Crippen molar-refractivity contribution >= 4 is 10.8 Å². The Balaban J connectivity index is 1.64. The predicted molar refractivity (Wildman–Crippen MR) is 98.3 cm³/mol. The molecule has 0 spiro atoms. The Morgan fingerprint density at radius 2 is 1.70 bits per heavy atom. The summed E-state index contributed by atoms with van der Waals surface area (Å²) in [6, 6.07) is 18.6. The molecule has 0 radical (unpaired) electrons. The van der Waals surface area contributed by atoms with Gasteiger partial charge in [0.05, 0.1) is 22.7 Å². The van der Waals surface area contributed by atoms with Gasteiger partial charge in [-0.15, -0.1) is 0 Å². The number of hydrogen-bond acceptors (Lipinski definition) is 6. The summed E-state index contributed by atoms with van der Waals surface area (Å²) in [5.74, 6) is 0. The second-order valence-corrected chi connectivity index (χ2v) is 8.13. The van der Waals surface area contributed by atoms with Crippen LogP contribution in [0.15, 0.2) is 65.6 Å². The van der Waals surface area contributed by atoms with E-state index in [4.69, 9.17) is 18.9 Å². The molecule has 144 valence electrons. The Bertz CT molecular complexity index is 771. The molecule has 7 heteroatoms. The molecule has 2 aromatic rings. The fraction of sp³-hybridized carbons (Fsp3) is 0.400. The van der Waals surface area contributed by atoms with Crippen LogP contribution in [0.1, 0.15) is 11.9 Å². The highest BCUT2D eigenvalue weighted by Gasteiger charge is 2.52. The number of methoxy groups -OCH3 is 1. The zero-order valence-corrected chi connectivity index (χ0v) is 15.7. The SMILES string of the molecule is CO[C@H]1O[C@@H]2CO[C@@H](c3ccccc3)O[C@H]2[C@@H]([S@](=O)c2ccccc2)[C@@H]1O. The quantitative estimate of drug-likeness (QED) is 0.861. The third-order valence-electron chi connectivity index (χ3n) is 4.83. The van der Waals surface area contributed by atoms with Crippen LogP contribution in [-0.2, 0) is 29.7 Å². The number of benzene rings is 2. The van der Waals surface area contributed by atoms with Crippen molar-refractivity contribution in [2.24, 2.45) is 0 Å². The Labute approximate surface area is 160 Å². The zero-order valence-electron chi connectivity index (χ0n) is 14.8. The summed E-state index contributed by atoms with van der Waals surface area (Å²) in [5, 5.41) is 10.1. The van der Waals surface area contributed by atoms with Gasteiger partial charge >= 0.3 is 0 Å². The molecule has 7 atom stereocenters. The highest BCUT2D eigenvalue weighted by atomic mass is 32.2. The van der Waals surface area contributed by atoms with Gasteiger partial charge in [-0.25, -0.2) is 0 Å². The molecular formula is C20H22O6S. The molecule has 0 saturated carbocycles. The first-order chi connectivity index (χ1) is 13.2. The average molecular weight is 390 g/mol. The fourth-order valence-corrected chi connectivity index (χ4v) is 5.10. The smallest absolute Gasteiger partial charge is 0.184 e. The molecule has 0 amide bonds. The molecule has 0 unspecified atom stereocenters. The van der Waals surface area contributed by atoms with Crippen LogP contribution in [0.4, 0.5) is 0 Å². The van der Waals surface area contributed by atoms with Crippen LogP contribution in [0.25, 0.3) is 0 Å². The first-order valence-corrected chi connectivity index (χ1v) is 10.0. The Morgan fingerprint density at radius 3 is 2.37 bits per heavy atom. The molecule has 2 aromatic carbocycles. The molecule has 0 aromatic heterocycles. The topological polar surface area (TPSA) is 74.2 Å². The molecule has 1 N–H and O–H groups in total. The second-order valence-electron chi connectivity index (χ2n) is 6.52. The van der Waals surface area contributed by atoms with Crippen molar-refractivity contribution < 1.29 is 28.3 Å². The normalized spacial score (nSPS) is 34.6. The summed E-state index contributed by atoms with van der Waals surface area (Å²) >= 11 is 0. The molecule has 2 aliphatic rings. The van der Waals surface area contributed by atoms with Gasteiger partial charge in [0.25, 0.3) is 0 Å². The van der Waals surface area contributed by atoms with Crippen molar-refractivity contribution in [3.63, 3.8) is 0 Å². The highest BCUT2D eigenvalue weighted by molar-refractivity contribution is 7.85. The van der Waals surface area contributed by atoms with Gasteiger partial charge in [0.15, 0.2) is 12.6 Å². The van der Waals surface area contributed by atoms with E-state index < -0.39 is 46.9 Å². The van der Waals surface area contributed by atoms with E-state index in [0.29, 0.717) is 4.90 Å². The number of fused-ring (bicyclic) bond motifs is 1. The van der Waals surface area contributed by atoms with Crippen molar-refractivity contribution in [2.75, 3.05) is 13.7 Å². The van der Waals surface area contributed by atoms with E-state index in [9.17, 15) is 9.32 Å². The van der Waals surface area contributed by atoms with Gasteiger partial charge in [0.1, 0.15) is 18.3 Å². The molecule has 4 rings (SSSR count). The minimum atomic E-state index is -1.50. The van der Waals surface area contributed by atoms with Gasteiger partial charge < -0.3 is 24.1 Å². The van der Waals surface area contributed by atoms with Gasteiger partial charge in [-0.2, -0.15) is 0 Å². The molecule has 2 heterocycles. The molecule has 2 fully saturated rings. The van der Waals surface area contributed by atoms with Crippen LogP contribution >= 0.6 is 0 Å². The molecule has 2 aliphatic heterocycles. The molecule has 6 nitrogen and oxygen atoms in total. The minimum Gasteiger partial charge on any atom is -0.386 e. The Morgan fingerprint density at radius 1 is 1.04 bits per heavy atom. The summed E-state index contributed by atoms with van der Waals surface area (Å²) < 4.78 is 36.3. The maximum Gasteiger partial charge on any atom is 0.184 e. The third kappa shape index (κ3) is 3.71. The van der Waals surface area contributed by atoms with Gasteiger partial charge in [-0.05, 0) is 12.1 Å². The molecular weight excluding hydrogens is 368 g/mol. The first kappa shape index (κ1) is 18.7. The second kappa shape index (κ2) is 8.18. The lowest BCUT2D eigenvalue weighted by atomic mass is 10.0. The first-order valence-electron chi connectivity index (χ1n) is 8.83. The summed E-state index contributed by atoms with van der Waals surface area (Å²) in [6.45, 7) is 0.263. The van der Waals surface area contributed by atoms with E-state index in [2.05, 4.69) is 0 Å². The number of ether oxygens (including phenoxy) is 4. The van der Waals surface area contributed by atoms with E-state index in [1.54, 1.807) is 12.1 Å². The van der Waals surface area contributed by atoms with E-state index in [0.717, 1.165) is 5.56 Å². The van der Waals surface area contributed by atoms with Crippen LogP contribution in [0, 0.1) is 0 Å². The largest absolute Gasteiger partial charge is 0.386 e. The van der Waals surface area contributed by atoms with E-state index in [1.807, 2.05) is 48.5 Å². The monoisotopic (exact) mass is 390 g/mol. The minimum absolute atomic E-state index is 0.263. The van der Waals surface area contributed by atoms with Crippen molar-refractivity contribution in [1.29, 1.82) is 0 Å². The standard InChI is InChI=1S/C20H22O6S/c1-23-20-16(21)18(27(22)14-10-6-3-7-11-14)17-15(25-20)12-24-19(26-17)13-8-4-2-5-9-13/h2-11,15-21H,12H2,1H3/t15-,16+,17-,18+,19-,20+,27-/m1/s1. The van der Waals surface area contributed by atoms with Crippen molar-refractivity contribution in [1.82, 2.24) is 0 Å². The summed E-state index contributed by atoms with van der Waals surface area (Å²) in [4.78, 5) is 0.628. The highest BCUT2D eigenvalue weighted by Crippen LogP contribution is 2.37. The van der Waals surface area contributed by atoms with Crippen LogP contribution < -0.4 is 0 Å². The van der Waals surface area contributed by atoms with Gasteiger partial charge in [0.2, 0.25) is 0 Å². The average Bonchev–Trinajstić information content (AvgIpc) is 2.74. The lowest BCUT2D eigenvalue weighted by molar-refractivity contribution is -0.330. The van der Waals surface area contributed by atoms with Gasteiger partial charge in [-0.3, -0.25) is 4.21 Å². The predicted octanol–water partition coefficient (Wildman–Crippen LogP) is 2.01. The maximum absolute atomic E-state index is 13.3. The van der Waals surface area contributed by atoms with Gasteiger partial charge in [-0.1, -0.05) is 48.5 Å². The van der Waals surface area contributed by atoms with Crippen molar-refractivity contribution in [3.05, 3.63) is 66.2 Å². The third-order valence-corrected chi connectivity index (χ3v) is 6.61. The van der Waals surface area contributed by atoms with Crippen molar-refractivity contribution in [2.45, 2.75) is 41.0 Å². The summed E-state index contributed by atoms with van der Waals surface area (Å²) in [5.41, 5.74) is 0.864. The number of hydrogen-bond donors (Lipinski definition) is 1. The molecule has 2 saturated heterocycles. The van der Waals surface area contributed by atoms with Crippen LogP contribution in [0.2, 0.25) is 0 Å². The van der Waals surface area contributed by atoms with E-state index in [-0.39, 0.29) is 6.61 Å². The lowest BCUT2D eigenvalue weighted by Crippen LogP contribution is -2.63. The van der Waals surface area contributed by atoms with Crippen LogP contribution in [0.3, 0.4) is 0 Å². The molecule has 0 aliphatic carbocycles. The molecule has 27 heavy (non-hydrogen) atoms. The number of aliphatic hydroxyl groups is 1. The Kier molecular flexibility index (Phi) is 5.68. The van der Waals surface area contributed by atoms with Crippen molar-refractivity contribution in [3.8, 4) is 0 Å². The van der Waals surface area contributed by atoms with Crippen LogP contribution in [0.5, 0.6) is 0 Å². The summed E-state index contributed by atoms with van der Waals surface area (Å²) in [7, 11) is -0.0501. The zero-order chi connectivity index (χ0) is 18.8. The van der Waals surface area contributed by atoms with Gasteiger partial charge in [0, 0.05) is 17.6 Å². The van der Waals surface area contributed by atoms with E-state index >= 15 is 0 Å². The molecule has 0 bridgehead atoms.